The molecule has 1 aliphatic rings. The summed E-state index contributed by atoms with van der Waals surface area (Å²) in [5.74, 6) is -3.25. The number of hydrogen-bond acceptors (Lipinski definition) is 1. The Hall–Kier alpha value is -1.03. The number of alkyl halides is 2. The van der Waals surface area contributed by atoms with Crippen LogP contribution in [0.1, 0.15) is 30.4 Å². The zero-order valence-electron chi connectivity index (χ0n) is 10.5. The summed E-state index contributed by atoms with van der Waals surface area (Å²) in [6, 6.07) is 3.58. The van der Waals surface area contributed by atoms with Gasteiger partial charge in [-0.3, -0.25) is 0 Å². The molecule has 0 amide bonds. The van der Waals surface area contributed by atoms with Crippen LogP contribution in [0.4, 0.5) is 13.2 Å². The van der Waals surface area contributed by atoms with Crippen LogP contribution in [0.3, 0.4) is 0 Å². The van der Waals surface area contributed by atoms with Crippen molar-refractivity contribution < 1.29 is 13.2 Å². The summed E-state index contributed by atoms with van der Waals surface area (Å²) < 4.78 is 41.3. The van der Waals surface area contributed by atoms with Gasteiger partial charge in [0.15, 0.2) is 0 Å². The SMILES string of the molecule is Cc1cc(C(F)(F)CC2CCNCC2)ccc1F. The summed E-state index contributed by atoms with van der Waals surface area (Å²) in [4.78, 5) is 0. The van der Waals surface area contributed by atoms with E-state index >= 15 is 0 Å². The predicted molar refractivity (Wildman–Crippen MR) is 65.2 cm³/mol. The molecule has 0 atom stereocenters. The second-order valence-corrected chi connectivity index (χ2v) is 5.07. The van der Waals surface area contributed by atoms with Crippen LogP contribution in [0.15, 0.2) is 18.2 Å². The van der Waals surface area contributed by atoms with E-state index in [0.29, 0.717) is 0 Å². The van der Waals surface area contributed by atoms with Crippen LogP contribution in [0, 0.1) is 18.7 Å². The van der Waals surface area contributed by atoms with Gasteiger partial charge in [-0.2, -0.15) is 0 Å². The van der Waals surface area contributed by atoms with Gasteiger partial charge in [0.25, 0.3) is 5.92 Å². The fraction of sp³-hybridized carbons (Fsp3) is 0.571. The molecule has 0 bridgehead atoms. The number of nitrogens with one attached hydrogen (secondary N) is 1. The molecule has 1 fully saturated rings. The van der Waals surface area contributed by atoms with Crippen molar-refractivity contribution in [2.45, 2.75) is 32.1 Å². The van der Waals surface area contributed by atoms with Crippen LogP contribution in [0.25, 0.3) is 0 Å². The number of aryl methyl sites for hydroxylation is 1. The fourth-order valence-electron chi connectivity index (χ4n) is 2.44. The first kappa shape index (κ1) is 13.4. The third-order valence-electron chi connectivity index (χ3n) is 3.58. The van der Waals surface area contributed by atoms with Crippen molar-refractivity contribution in [3.63, 3.8) is 0 Å². The normalized spacial score (nSPS) is 18.0. The predicted octanol–water partition coefficient (Wildman–Crippen LogP) is 3.62. The van der Waals surface area contributed by atoms with E-state index in [4.69, 9.17) is 0 Å². The number of piperidine rings is 1. The Kier molecular flexibility index (Phi) is 3.95. The highest BCUT2D eigenvalue weighted by molar-refractivity contribution is 5.27. The maximum Gasteiger partial charge on any atom is 0.273 e. The topological polar surface area (TPSA) is 12.0 Å². The second kappa shape index (κ2) is 5.31. The lowest BCUT2D eigenvalue weighted by atomic mass is 9.89. The Bertz CT molecular complexity index is 412. The third kappa shape index (κ3) is 3.05. The zero-order valence-corrected chi connectivity index (χ0v) is 10.5. The first-order valence-corrected chi connectivity index (χ1v) is 6.34. The van der Waals surface area contributed by atoms with Crippen LogP contribution in [-0.4, -0.2) is 13.1 Å². The lowest BCUT2D eigenvalue weighted by molar-refractivity contribution is -0.0327. The van der Waals surface area contributed by atoms with Crippen LogP contribution >= 0.6 is 0 Å². The van der Waals surface area contributed by atoms with Gasteiger partial charge in [-0.25, -0.2) is 13.2 Å². The van der Waals surface area contributed by atoms with Crippen LogP contribution in [0.2, 0.25) is 0 Å². The monoisotopic (exact) mass is 257 g/mol. The molecule has 0 saturated carbocycles. The molecule has 1 saturated heterocycles. The highest BCUT2D eigenvalue weighted by atomic mass is 19.3. The van der Waals surface area contributed by atoms with Crippen LogP contribution in [-0.2, 0) is 5.92 Å². The largest absolute Gasteiger partial charge is 0.317 e. The van der Waals surface area contributed by atoms with E-state index in [9.17, 15) is 13.2 Å². The van der Waals surface area contributed by atoms with Crippen molar-refractivity contribution in [3.8, 4) is 0 Å². The summed E-state index contributed by atoms with van der Waals surface area (Å²) in [6.07, 6.45) is 1.44. The van der Waals surface area contributed by atoms with E-state index in [1.807, 2.05) is 0 Å². The Balaban J connectivity index is 2.10. The minimum Gasteiger partial charge on any atom is -0.317 e. The average molecular weight is 257 g/mol. The van der Waals surface area contributed by atoms with Gasteiger partial charge < -0.3 is 5.32 Å². The molecule has 1 heterocycles. The third-order valence-corrected chi connectivity index (χ3v) is 3.58. The molecule has 0 aliphatic carbocycles. The van der Waals surface area contributed by atoms with Crippen molar-refractivity contribution >= 4 is 0 Å². The Labute approximate surface area is 105 Å². The molecule has 100 valence electrons. The van der Waals surface area contributed by atoms with Gasteiger partial charge in [0.05, 0.1) is 0 Å². The second-order valence-electron chi connectivity index (χ2n) is 5.07. The minimum absolute atomic E-state index is 0.0478. The molecule has 0 unspecified atom stereocenters. The summed E-state index contributed by atoms with van der Waals surface area (Å²) in [5.41, 5.74) is 0.206. The Morgan fingerprint density at radius 3 is 2.56 bits per heavy atom. The van der Waals surface area contributed by atoms with E-state index in [-0.39, 0.29) is 23.5 Å². The van der Waals surface area contributed by atoms with E-state index in [1.54, 1.807) is 0 Å². The standard InChI is InChI=1S/C14H18F3N/c1-10-8-12(2-3-13(10)15)14(16,17)9-11-4-6-18-7-5-11/h2-3,8,11,18H,4-7,9H2,1H3. The first-order chi connectivity index (χ1) is 8.49. The number of benzene rings is 1. The fourth-order valence-corrected chi connectivity index (χ4v) is 2.44. The van der Waals surface area contributed by atoms with Gasteiger partial charge in [-0.1, -0.05) is 6.07 Å². The molecule has 18 heavy (non-hydrogen) atoms. The van der Waals surface area contributed by atoms with E-state index in [1.165, 1.54) is 19.1 Å². The maximum absolute atomic E-state index is 14.1. The highest BCUT2D eigenvalue weighted by Gasteiger charge is 2.35. The van der Waals surface area contributed by atoms with Crippen molar-refractivity contribution in [1.82, 2.24) is 5.32 Å². The molecule has 2 rings (SSSR count). The smallest absolute Gasteiger partial charge is 0.273 e. The van der Waals surface area contributed by atoms with Gasteiger partial charge in [-0.05, 0) is 56.5 Å². The molecule has 1 N–H and O–H groups in total. The van der Waals surface area contributed by atoms with Gasteiger partial charge in [0.1, 0.15) is 5.82 Å². The summed E-state index contributed by atoms with van der Waals surface area (Å²) >= 11 is 0. The summed E-state index contributed by atoms with van der Waals surface area (Å²) in [6.45, 7) is 3.13. The van der Waals surface area contributed by atoms with Gasteiger partial charge in [0, 0.05) is 12.0 Å². The quantitative estimate of drug-likeness (QED) is 0.872. The molecular weight excluding hydrogens is 239 g/mol. The van der Waals surface area contributed by atoms with Crippen molar-refractivity contribution in [2.24, 2.45) is 5.92 Å². The van der Waals surface area contributed by atoms with Gasteiger partial charge in [-0.15, -0.1) is 0 Å². The molecule has 1 nitrogen and oxygen atoms in total. The zero-order chi connectivity index (χ0) is 13.2. The van der Waals surface area contributed by atoms with Crippen molar-refractivity contribution in [2.75, 3.05) is 13.1 Å². The van der Waals surface area contributed by atoms with Crippen LogP contribution < -0.4 is 5.32 Å². The number of hydrogen-bond donors (Lipinski definition) is 1. The van der Waals surface area contributed by atoms with Crippen LogP contribution in [0.5, 0.6) is 0 Å². The molecule has 1 aliphatic heterocycles. The Morgan fingerprint density at radius 2 is 1.94 bits per heavy atom. The highest BCUT2D eigenvalue weighted by Crippen LogP contribution is 2.37. The first-order valence-electron chi connectivity index (χ1n) is 6.34. The lowest BCUT2D eigenvalue weighted by Crippen LogP contribution is -2.30. The molecule has 4 heteroatoms. The molecule has 0 aromatic heterocycles. The number of halogens is 3. The van der Waals surface area contributed by atoms with Crippen molar-refractivity contribution in [1.29, 1.82) is 0 Å². The van der Waals surface area contributed by atoms with E-state index in [0.717, 1.165) is 32.0 Å². The average Bonchev–Trinajstić information content (AvgIpc) is 2.33. The van der Waals surface area contributed by atoms with E-state index < -0.39 is 11.7 Å². The molecule has 1 aromatic rings. The molecular formula is C14H18F3N. The molecule has 1 aromatic carbocycles. The Morgan fingerprint density at radius 1 is 1.28 bits per heavy atom. The number of rotatable bonds is 3. The minimum atomic E-state index is -2.86. The summed E-state index contributed by atoms with van der Waals surface area (Å²) in [7, 11) is 0. The van der Waals surface area contributed by atoms with Gasteiger partial charge >= 0.3 is 0 Å². The lowest BCUT2D eigenvalue weighted by Gasteiger charge is -2.27. The summed E-state index contributed by atoms with van der Waals surface area (Å²) in [5, 5.41) is 3.16. The molecule has 0 radical (unpaired) electrons. The molecule has 0 spiro atoms. The van der Waals surface area contributed by atoms with E-state index in [2.05, 4.69) is 5.32 Å². The van der Waals surface area contributed by atoms with Gasteiger partial charge in [0.2, 0.25) is 0 Å². The van der Waals surface area contributed by atoms with Crippen molar-refractivity contribution in [3.05, 3.63) is 35.1 Å². The maximum atomic E-state index is 14.1.